The van der Waals surface area contributed by atoms with Crippen molar-refractivity contribution in [1.82, 2.24) is 4.90 Å². The van der Waals surface area contributed by atoms with Crippen LogP contribution in [-0.4, -0.2) is 28.9 Å². The van der Waals surface area contributed by atoms with Gasteiger partial charge in [-0.3, -0.25) is 4.79 Å². The number of carbonyl (C=O) groups excluding carboxylic acids is 1. The summed E-state index contributed by atoms with van der Waals surface area (Å²) in [6.07, 6.45) is 0. The van der Waals surface area contributed by atoms with Crippen LogP contribution in [0.15, 0.2) is 30.3 Å². The molecule has 0 radical (unpaired) electrons. The molecule has 0 heterocycles. The van der Waals surface area contributed by atoms with Gasteiger partial charge >= 0.3 is 5.97 Å². The Kier molecular flexibility index (Phi) is 3.32. The molecule has 0 bridgehead atoms. The first kappa shape index (κ1) is 12.2. The van der Waals surface area contributed by atoms with E-state index in [1.54, 1.807) is 30.3 Å². The molecule has 0 fully saturated rings. The molecule has 1 amide bonds. The molecule has 4 heteroatoms. The maximum absolute atomic E-state index is 11.4. The average molecular weight is 221 g/mol. The molecule has 1 atom stereocenters. The van der Waals surface area contributed by atoms with Crippen molar-refractivity contribution in [2.45, 2.75) is 19.4 Å². The fraction of sp³-hybridized carbons (Fsp3) is 0.333. The molecule has 16 heavy (non-hydrogen) atoms. The van der Waals surface area contributed by atoms with Gasteiger partial charge in [0.05, 0.1) is 0 Å². The third-order valence-corrected chi connectivity index (χ3v) is 2.90. The van der Waals surface area contributed by atoms with Crippen molar-refractivity contribution in [3.05, 3.63) is 35.9 Å². The van der Waals surface area contributed by atoms with Crippen molar-refractivity contribution in [1.29, 1.82) is 0 Å². The van der Waals surface area contributed by atoms with Gasteiger partial charge in [0, 0.05) is 14.0 Å². The van der Waals surface area contributed by atoms with Crippen LogP contribution < -0.4 is 0 Å². The Labute approximate surface area is 94.5 Å². The van der Waals surface area contributed by atoms with Crippen molar-refractivity contribution in [2.24, 2.45) is 0 Å². The van der Waals surface area contributed by atoms with Crippen molar-refractivity contribution < 1.29 is 14.7 Å². The van der Waals surface area contributed by atoms with E-state index in [0.29, 0.717) is 5.56 Å². The second-order valence-electron chi connectivity index (χ2n) is 3.82. The summed E-state index contributed by atoms with van der Waals surface area (Å²) in [6, 6.07) is 8.72. The number of rotatable bonds is 3. The summed E-state index contributed by atoms with van der Waals surface area (Å²) in [5, 5.41) is 9.31. The Bertz CT molecular complexity index is 402. The van der Waals surface area contributed by atoms with Gasteiger partial charge in [0.1, 0.15) is 0 Å². The Morgan fingerprint density at radius 3 is 2.12 bits per heavy atom. The molecule has 1 unspecified atom stereocenters. The van der Waals surface area contributed by atoms with Crippen molar-refractivity contribution in [2.75, 3.05) is 7.05 Å². The summed E-state index contributed by atoms with van der Waals surface area (Å²) >= 11 is 0. The van der Waals surface area contributed by atoms with Crippen molar-refractivity contribution in [3.8, 4) is 0 Å². The first-order valence-electron chi connectivity index (χ1n) is 4.94. The second-order valence-corrected chi connectivity index (χ2v) is 3.82. The molecule has 0 spiro atoms. The Morgan fingerprint density at radius 2 is 1.75 bits per heavy atom. The van der Waals surface area contributed by atoms with E-state index in [1.807, 2.05) is 0 Å². The molecule has 86 valence electrons. The first-order chi connectivity index (χ1) is 7.40. The van der Waals surface area contributed by atoms with E-state index >= 15 is 0 Å². The zero-order valence-corrected chi connectivity index (χ0v) is 9.60. The van der Waals surface area contributed by atoms with Crippen LogP contribution in [0.5, 0.6) is 0 Å². The standard InChI is InChI=1S/C12H15NO3/c1-9(14)13(3)12(2,11(15)16)10-7-5-4-6-8-10/h4-8H,1-3H3,(H,15,16). The molecular formula is C12H15NO3. The van der Waals surface area contributed by atoms with Crippen molar-refractivity contribution >= 4 is 11.9 Å². The van der Waals surface area contributed by atoms with Gasteiger partial charge in [-0.2, -0.15) is 0 Å². The van der Waals surface area contributed by atoms with Crippen LogP contribution in [0.4, 0.5) is 0 Å². The summed E-state index contributed by atoms with van der Waals surface area (Å²) in [5.74, 6) is -1.33. The lowest BCUT2D eigenvalue weighted by molar-refractivity contribution is -0.156. The van der Waals surface area contributed by atoms with Gasteiger partial charge in [0.2, 0.25) is 5.91 Å². The molecule has 0 aliphatic heterocycles. The Morgan fingerprint density at radius 1 is 1.25 bits per heavy atom. The zero-order chi connectivity index (χ0) is 12.3. The molecule has 0 saturated heterocycles. The minimum Gasteiger partial charge on any atom is -0.479 e. The Balaban J connectivity index is 3.28. The predicted octanol–water partition coefficient (Wildman–Crippen LogP) is 1.46. The van der Waals surface area contributed by atoms with E-state index < -0.39 is 11.5 Å². The number of hydrogen-bond donors (Lipinski definition) is 1. The van der Waals surface area contributed by atoms with Crippen molar-refractivity contribution in [3.63, 3.8) is 0 Å². The van der Waals surface area contributed by atoms with Crippen LogP contribution >= 0.6 is 0 Å². The smallest absolute Gasteiger partial charge is 0.334 e. The highest BCUT2D eigenvalue weighted by Gasteiger charge is 2.40. The topological polar surface area (TPSA) is 57.6 Å². The normalized spacial score (nSPS) is 13.9. The second kappa shape index (κ2) is 4.35. The van der Waals surface area contributed by atoms with Crippen LogP contribution in [0, 0.1) is 0 Å². The molecule has 1 rings (SSSR count). The SMILES string of the molecule is CC(=O)N(C)C(C)(C(=O)O)c1ccccc1. The van der Waals surface area contributed by atoms with E-state index in [9.17, 15) is 14.7 Å². The number of aliphatic carboxylic acids is 1. The number of carboxylic acids is 1. The van der Waals surface area contributed by atoms with Crippen LogP contribution in [0.1, 0.15) is 19.4 Å². The van der Waals surface area contributed by atoms with Crippen LogP contribution in [0.3, 0.4) is 0 Å². The number of amides is 1. The third-order valence-electron chi connectivity index (χ3n) is 2.90. The quantitative estimate of drug-likeness (QED) is 0.840. The lowest BCUT2D eigenvalue weighted by Crippen LogP contribution is -2.49. The molecule has 1 N–H and O–H groups in total. The third kappa shape index (κ3) is 1.91. The summed E-state index contributed by atoms with van der Waals surface area (Å²) in [4.78, 5) is 23.9. The molecule has 0 saturated carbocycles. The number of carbonyl (C=O) groups is 2. The molecule has 0 aliphatic carbocycles. The molecule has 0 aromatic heterocycles. The molecule has 1 aromatic carbocycles. The van der Waals surface area contributed by atoms with Gasteiger partial charge in [0.15, 0.2) is 5.54 Å². The number of nitrogens with zero attached hydrogens (tertiary/aromatic N) is 1. The lowest BCUT2D eigenvalue weighted by Gasteiger charge is -2.34. The van der Waals surface area contributed by atoms with Gasteiger partial charge in [-0.15, -0.1) is 0 Å². The van der Waals surface area contributed by atoms with E-state index in [0.717, 1.165) is 0 Å². The van der Waals surface area contributed by atoms with Gasteiger partial charge < -0.3 is 10.0 Å². The summed E-state index contributed by atoms with van der Waals surface area (Å²) in [5.41, 5.74) is -0.743. The van der Waals surface area contributed by atoms with E-state index in [-0.39, 0.29) is 5.91 Å². The number of hydrogen-bond acceptors (Lipinski definition) is 2. The van der Waals surface area contributed by atoms with Crippen LogP contribution in [-0.2, 0) is 15.1 Å². The van der Waals surface area contributed by atoms with E-state index in [2.05, 4.69) is 0 Å². The minimum atomic E-state index is -1.33. The van der Waals surface area contributed by atoms with Gasteiger partial charge in [0.25, 0.3) is 0 Å². The highest BCUT2D eigenvalue weighted by molar-refractivity contribution is 5.86. The molecular weight excluding hydrogens is 206 g/mol. The lowest BCUT2D eigenvalue weighted by atomic mass is 9.90. The molecule has 4 nitrogen and oxygen atoms in total. The predicted molar refractivity (Wildman–Crippen MR) is 59.9 cm³/mol. The first-order valence-corrected chi connectivity index (χ1v) is 4.94. The van der Waals surface area contributed by atoms with Crippen LogP contribution in [0.25, 0.3) is 0 Å². The van der Waals surface area contributed by atoms with Gasteiger partial charge in [-0.25, -0.2) is 4.79 Å². The summed E-state index contributed by atoms with van der Waals surface area (Å²) in [6.45, 7) is 2.87. The van der Waals surface area contributed by atoms with Crippen LogP contribution in [0.2, 0.25) is 0 Å². The average Bonchev–Trinajstić information content (AvgIpc) is 2.27. The minimum absolute atomic E-state index is 0.284. The monoisotopic (exact) mass is 221 g/mol. The highest BCUT2D eigenvalue weighted by atomic mass is 16.4. The fourth-order valence-electron chi connectivity index (χ4n) is 1.54. The molecule has 0 aliphatic rings. The summed E-state index contributed by atoms with van der Waals surface area (Å²) in [7, 11) is 1.49. The molecule has 1 aromatic rings. The van der Waals surface area contributed by atoms with Gasteiger partial charge in [-0.1, -0.05) is 30.3 Å². The highest BCUT2D eigenvalue weighted by Crippen LogP contribution is 2.27. The number of carboxylic acid groups (broad SMARTS) is 1. The number of benzene rings is 1. The number of likely N-dealkylation sites (N-methyl/N-ethyl adjacent to an activating group) is 1. The fourth-order valence-corrected chi connectivity index (χ4v) is 1.54. The van der Waals surface area contributed by atoms with E-state index in [4.69, 9.17) is 0 Å². The van der Waals surface area contributed by atoms with E-state index in [1.165, 1.54) is 25.8 Å². The largest absolute Gasteiger partial charge is 0.479 e. The summed E-state index contributed by atoms with van der Waals surface area (Å²) < 4.78 is 0. The zero-order valence-electron chi connectivity index (χ0n) is 9.60. The Hall–Kier alpha value is -1.84. The van der Waals surface area contributed by atoms with Gasteiger partial charge in [-0.05, 0) is 12.5 Å². The maximum Gasteiger partial charge on any atom is 0.334 e. The maximum atomic E-state index is 11.4.